The van der Waals surface area contributed by atoms with Crippen molar-refractivity contribution in [3.63, 3.8) is 0 Å². The summed E-state index contributed by atoms with van der Waals surface area (Å²) in [6.45, 7) is 1.16. The molecule has 0 spiro atoms. The van der Waals surface area contributed by atoms with Crippen LogP contribution in [0.25, 0.3) is 0 Å². The van der Waals surface area contributed by atoms with Crippen molar-refractivity contribution in [3.05, 3.63) is 0 Å². The monoisotopic (exact) mass is 282 g/mol. The lowest BCUT2D eigenvalue weighted by Crippen LogP contribution is -2.47. The average molecular weight is 282 g/mol. The van der Waals surface area contributed by atoms with Gasteiger partial charge in [-0.1, -0.05) is 0 Å². The first-order valence-corrected chi connectivity index (χ1v) is 7.14. The Morgan fingerprint density at radius 1 is 1.35 bits per heavy atom. The lowest BCUT2D eigenvalue weighted by molar-refractivity contribution is -0.146. The molecule has 0 N–H and O–H groups in total. The molecule has 0 aromatic heterocycles. The van der Waals surface area contributed by atoms with Gasteiger partial charge in [0.25, 0.3) is 0 Å². The lowest BCUT2D eigenvalue weighted by Gasteiger charge is -2.36. The van der Waals surface area contributed by atoms with Gasteiger partial charge in [-0.15, -0.1) is 0 Å². The number of carbonyl (C=O) groups is 3. The minimum absolute atomic E-state index is 0.0105. The van der Waals surface area contributed by atoms with Crippen LogP contribution in [-0.2, 0) is 19.1 Å². The van der Waals surface area contributed by atoms with E-state index in [4.69, 9.17) is 4.74 Å². The molecule has 0 bridgehead atoms. The Bertz CT molecular complexity index is 410. The number of hydrogen-bond donors (Lipinski definition) is 0. The molecule has 2 aliphatic heterocycles. The van der Waals surface area contributed by atoms with Crippen molar-refractivity contribution in [1.29, 1.82) is 0 Å². The van der Waals surface area contributed by atoms with Crippen molar-refractivity contribution in [3.8, 4) is 0 Å². The second-order valence-electron chi connectivity index (χ2n) is 5.64. The van der Waals surface area contributed by atoms with Gasteiger partial charge in [0.15, 0.2) is 0 Å². The molecule has 2 rings (SSSR count). The average Bonchev–Trinajstić information content (AvgIpc) is 2.78. The summed E-state index contributed by atoms with van der Waals surface area (Å²) in [5.41, 5.74) is 0. The molecule has 20 heavy (non-hydrogen) atoms. The first-order valence-electron chi connectivity index (χ1n) is 7.14. The van der Waals surface area contributed by atoms with Crippen LogP contribution in [-0.4, -0.2) is 60.9 Å². The summed E-state index contributed by atoms with van der Waals surface area (Å²) in [5.74, 6) is -0.513. The highest BCUT2D eigenvalue weighted by atomic mass is 16.5. The van der Waals surface area contributed by atoms with E-state index in [1.54, 1.807) is 16.8 Å². The minimum atomic E-state index is -0.283. The van der Waals surface area contributed by atoms with Gasteiger partial charge in [-0.3, -0.25) is 14.4 Å². The third-order valence-corrected chi connectivity index (χ3v) is 4.23. The van der Waals surface area contributed by atoms with Gasteiger partial charge in [0.05, 0.1) is 19.4 Å². The Labute approximate surface area is 119 Å². The molecule has 2 fully saturated rings. The topological polar surface area (TPSA) is 66.9 Å². The number of ether oxygens (including phenoxy) is 1. The minimum Gasteiger partial charge on any atom is -0.469 e. The van der Waals surface area contributed by atoms with Crippen molar-refractivity contribution in [1.82, 2.24) is 9.80 Å². The maximum Gasteiger partial charge on any atom is 0.307 e. The Balaban J connectivity index is 2.02. The maximum atomic E-state index is 12.6. The van der Waals surface area contributed by atoms with Crippen LogP contribution in [0.15, 0.2) is 0 Å². The van der Waals surface area contributed by atoms with Crippen LogP contribution >= 0.6 is 0 Å². The molecule has 0 saturated carbocycles. The Kier molecular flexibility index (Phi) is 4.62. The predicted octanol–water partition coefficient (Wildman–Crippen LogP) is 0.409. The highest BCUT2D eigenvalue weighted by Gasteiger charge is 2.38. The van der Waals surface area contributed by atoms with E-state index in [1.807, 2.05) is 0 Å². The zero-order chi connectivity index (χ0) is 14.7. The smallest absolute Gasteiger partial charge is 0.307 e. The van der Waals surface area contributed by atoms with Crippen LogP contribution in [0.2, 0.25) is 0 Å². The summed E-state index contributed by atoms with van der Waals surface area (Å²) in [7, 11) is 3.08. The number of likely N-dealkylation sites (tertiary alicyclic amines) is 2. The molecule has 0 aromatic rings. The van der Waals surface area contributed by atoms with E-state index in [2.05, 4.69) is 0 Å². The van der Waals surface area contributed by atoms with Crippen LogP contribution in [0.5, 0.6) is 0 Å². The van der Waals surface area contributed by atoms with Gasteiger partial charge in [0.2, 0.25) is 11.8 Å². The molecule has 2 atom stereocenters. The largest absolute Gasteiger partial charge is 0.469 e. The van der Waals surface area contributed by atoms with Crippen LogP contribution in [0.3, 0.4) is 0 Å². The molecule has 2 saturated heterocycles. The number of amides is 2. The van der Waals surface area contributed by atoms with Gasteiger partial charge >= 0.3 is 5.97 Å². The highest BCUT2D eigenvalue weighted by Crippen LogP contribution is 2.25. The maximum absolute atomic E-state index is 12.6. The molecule has 6 nitrogen and oxygen atoms in total. The van der Waals surface area contributed by atoms with Gasteiger partial charge in [-0.05, 0) is 19.3 Å². The van der Waals surface area contributed by atoms with Crippen molar-refractivity contribution in [2.24, 2.45) is 5.92 Å². The molecule has 2 amide bonds. The van der Waals surface area contributed by atoms with Gasteiger partial charge < -0.3 is 14.5 Å². The van der Waals surface area contributed by atoms with Gasteiger partial charge in [-0.2, -0.15) is 0 Å². The Hall–Kier alpha value is -1.59. The highest BCUT2D eigenvalue weighted by molar-refractivity contribution is 5.89. The fraction of sp³-hybridized carbons (Fsp3) is 0.786. The van der Waals surface area contributed by atoms with Crippen LogP contribution < -0.4 is 0 Å². The second-order valence-corrected chi connectivity index (χ2v) is 5.64. The zero-order valence-corrected chi connectivity index (χ0v) is 12.1. The fourth-order valence-electron chi connectivity index (χ4n) is 3.04. The first kappa shape index (κ1) is 14.8. The van der Waals surface area contributed by atoms with Crippen LogP contribution in [0.1, 0.15) is 32.1 Å². The molecular formula is C14H22N2O4. The summed E-state index contributed by atoms with van der Waals surface area (Å²) in [6.07, 6.45) is 3.35. The number of piperidine rings is 1. The normalized spacial score (nSPS) is 26.8. The van der Waals surface area contributed by atoms with E-state index in [1.165, 1.54) is 7.11 Å². The quantitative estimate of drug-likeness (QED) is 0.703. The number of esters is 1. The molecule has 112 valence electrons. The van der Waals surface area contributed by atoms with Crippen molar-refractivity contribution < 1.29 is 19.1 Å². The van der Waals surface area contributed by atoms with Crippen molar-refractivity contribution in [2.45, 2.75) is 38.1 Å². The van der Waals surface area contributed by atoms with Gasteiger partial charge in [0.1, 0.15) is 0 Å². The number of nitrogens with zero attached hydrogens (tertiary/aromatic N) is 2. The van der Waals surface area contributed by atoms with Gasteiger partial charge in [0, 0.05) is 32.6 Å². The molecular weight excluding hydrogens is 260 g/mol. The molecule has 0 aliphatic carbocycles. The SMILES string of the molecule is COC(=O)CC1CCCCN1C(=O)C1CC(=O)N(C)C1. The molecule has 0 radical (unpaired) electrons. The summed E-state index contributed by atoms with van der Waals surface area (Å²) >= 11 is 0. The molecule has 2 heterocycles. The number of hydrogen-bond acceptors (Lipinski definition) is 4. The third kappa shape index (κ3) is 3.11. The van der Waals surface area contributed by atoms with Crippen molar-refractivity contribution >= 4 is 17.8 Å². The van der Waals surface area contributed by atoms with Gasteiger partial charge in [-0.25, -0.2) is 0 Å². The fourth-order valence-corrected chi connectivity index (χ4v) is 3.04. The van der Waals surface area contributed by atoms with Crippen LogP contribution in [0, 0.1) is 5.92 Å². The van der Waals surface area contributed by atoms with Crippen molar-refractivity contribution in [2.75, 3.05) is 27.2 Å². The van der Waals surface area contributed by atoms with E-state index >= 15 is 0 Å². The Morgan fingerprint density at radius 2 is 2.10 bits per heavy atom. The zero-order valence-electron chi connectivity index (χ0n) is 12.1. The summed E-state index contributed by atoms with van der Waals surface area (Å²) in [4.78, 5) is 39.0. The Morgan fingerprint density at radius 3 is 2.70 bits per heavy atom. The predicted molar refractivity (Wildman–Crippen MR) is 71.7 cm³/mol. The molecule has 6 heteroatoms. The first-order chi connectivity index (χ1) is 9.52. The number of carbonyl (C=O) groups excluding carboxylic acids is 3. The van der Waals surface area contributed by atoms with E-state index < -0.39 is 0 Å². The molecule has 2 unspecified atom stereocenters. The van der Waals surface area contributed by atoms with Crippen LogP contribution in [0.4, 0.5) is 0 Å². The second kappa shape index (κ2) is 6.24. The van der Waals surface area contributed by atoms with E-state index in [-0.39, 0.29) is 42.6 Å². The summed E-state index contributed by atoms with van der Waals surface area (Å²) < 4.78 is 4.70. The van der Waals surface area contributed by atoms with E-state index in [9.17, 15) is 14.4 Å². The third-order valence-electron chi connectivity index (χ3n) is 4.23. The van der Waals surface area contributed by atoms with E-state index in [0.29, 0.717) is 13.1 Å². The lowest BCUT2D eigenvalue weighted by atomic mass is 9.96. The molecule has 0 aromatic carbocycles. The standard InChI is InChI=1S/C14H22N2O4/c1-15-9-10(7-12(15)17)14(19)16-6-4-3-5-11(16)8-13(18)20-2/h10-11H,3-9H2,1-2H3. The van der Waals surface area contributed by atoms with E-state index in [0.717, 1.165) is 19.3 Å². The number of methoxy groups -OCH3 is 1. The molecule has 2 aliphatic rings. The number of rotatable bonds is 3. The summed E-state index contributed by atoms with van der Waals surface area (Å²) in [5, 5.41) is 0. The summed E-state index contributed by atoms with van der Waals surface area (Å²) in [6, 6.07) is -0.0790.